The van der Waals surface area contributed by atoms with Crippen molar-refractivity contribution in [3.63, 3.8) is 0 Å². The largest absolute Gasteiger partial charge is 0.444 e. The van der Waals surface area contributed by atoms with Crippen molar-refractivity contribution in [1.29, 1.82) is 0 Å². The van der Waals surface area contributed by atoms with E-state index in [2.05, 4.69) is 24.5 Å². The lowest BCUT2D eigenvalue weighted by Crippen LogP contribution is -2.42. The van der Waals surface area contributed by atoms with E-state index in [4.69, 9.17) is 4.74 Å². The summed E-state index contributed by atoms with van der Waals surface area (Å²) in [5, 5.41) is 6.32. The van der Waals surface area contributed by atoms with Gasteiger partial charge in [-0.15, -0.1) is 0 Å². The zero-order valence-electron chi connectivity index (χ0n) is 14.1. The average molecular weight is 286 g/mol. The quantitative estimate of drug-likeness (QED) is 0.600. The maximum atomic E-state index is 11.6. The van der Waals surface area contributed by atoms with Gasteiger partial charge in [0.1, 0.15) is 5.60 Å². The molecular weight excluding hydrogens is 252 g/mol. The second-order valence-electron chi connectivity index (χ2n) is 6.36. The van der Waals surface area contributed by atoms with Gasteiger partial charge in [0.2, 0.25) is 0 Å². The lowest BCUT2D eigenvalue weighted by molar-refractivity contribution is 0.0522. The number of rotatable bonds is 10. The van der Waals surface area contributed by atoms with Gasteiger partial charge in [0.25, 0.3) is 0 Å². The molecule has 0 radical (unpaired) electrons. The van der Waals surface area contributed by atoms with E-state index in [0.29, 0.717) is 12.6 Å². The van der Waals surface area contributed by atoms with Gasteiger partial charge >= 0.3 is 6.09 Å². The van der Waals surface area contributed by atoms with Gasteiger partial charge in [-0.25, -0.2) is 4.79 Å². The van der Waals surface area contributed by atoms with Crippen LogP contribution in [-0.4, -0.2) is 30.8 Å². The molecule has 0 fully saturated rings. The molecule has 0 aliphatic rings. The summed E-state index contributed by atoms with van der Waals surface area (Å²) in [7, 11) is 0. The fourth-order valence-electron chi connectivity index (χ4n) is 1.92. The molecule has 0 spiro atoms. The molecule has 0 saturated heterocycles. The van der Waals surface area contributed by atoms with E-state index in [-0.39, 0.29) is 6.09 Å². The van der Waals surface area contributed by atoms with Crippen LogP contribution in [0.3, 0.4) is 0 Å². The molecule has 0 bridgehead atoms. The van der Waals surface area contributed by atoms with Crippen LogP contribution in [-0.2, 0) is 4.74 Å². The summed E-state index contributed by atoms with van der Waals surface area (Å²) in [6.45, 7) is 11.6. The molecule has 0 aliphatic heterocycles. The van der Waals surface area contributed by atoms with Gasteiger partial charge < -0.3 is 15.4 Å². The number of amides is 1. The fraction of sp³-hybridized carbons (Fsp3) is 0.938. The number of alkyl carbamates (subject to hydrolysis) is 1. The molecule has 4 heteroatoms. The third kappa shape index (κ3) is 12.3. The second-order valence-corrected chi connectivity index (χ2v) is 6.36. The molecule has 0 aliphatic carbocycles. The molecule has 1 amide bonds. The van der Waals surface area contributed by atoms with Crippen molar-refractivity contribution in [2.75, 3.05) is 13.1 Å². The Hall–Kier alpha value is -0.770. The Bertz CT molecular complexity index is 249. The molecule has 120 valence electrons. The number of hydrogen-bond donors (Lipinski definition) is 2. The van der Waals surface area contributed by atoms with Gasteiger partial charge in [-0.2, -0.15) is 0 Å². The van der Waals surface area contributed by atoms with E-state index in [1.807, 2.05) is 20.8 Å². The first-order valence-corrected chi connectivity index (χ1v) is 8.09. The summed E-state index contributed by atoms with van der Waals surface area (Å²) in [5.74, 6) is 0. The average Bonchev–Trinajstić information content (AvgIpc) is 2.35. The number of ether oxygens (including phenoxy) is 1. The minimum Gasteiger partial charge on any atom is -0.444 e. The summed E-state index contributed by atoms with van der Waals surface area (Å²) in [6.07, 6.45) is 7.11. The highest BCUT2D eigenvalue weighted by Crippen LogP contribution is 2.06. The van der Waals surface area contributed by atoms with Crippen molar-refractivity contribution in [2.24, 2.45) is 0 Å². The Morgan fingerprint density at radius 2 is 1.75 bits per heavy atom. The van der Waals surface area contributed by atoms with Gasteiger partial charge in [0.05, 0.1) is 0 Å². The van der Waals surface area contributed by atoms with Gasteiger partial charge in [-0.3, -0.25) is 0 Å². The van der Waals surface area contributed by atoms with Crippen LogP contribution in [0.5, 0.6) is 0 Å². The van der Waals surface area contributed by atoms with Crippen molar-refractivity contribution >= 4 is 6.09 Å². The van der Waals surface area contributed by atoms with E-state index >= 15 is 0 Å². The smallest absolute Gasteiger partial charge is 0.407 e. The van der Waals surface area contributed by atoms with Crippen molar-refractivity contribution in [2.45, 2.75) is 84.8 Å². The third-order valence-corrected chi connectivity index (χ3v) is 3.10. The van der Waals surface area contributed by atoms with Crippen LogP contribution < -0.4 is 10.6 Å². The molecule has 0 aromatic carbocycles. The standard InChI is InChI=1S/C16H34N2O2/c1-6-8-9-10-11-12-17-14(7-2)13-18-15(19)20-16(3,4)5/h14,17H,6-13H2,1-5H3,(H,18,19). The first-order valence-electron chi connectivity index (χ1n) is 8.09. The number of carbonyl (C=O) groups excluding carboxylic acids is 1. The summed E-state index contributed by atoms with van der Waals surface area (Å²) < 4.78 is 5.22. The van der Waals surface area contributed by atoms with Crippen LogP contribution in [0.25, 0.3) is 0 Å². The molecule has 0 rings (SSSR count). The highest BCUT2D eigenvalue weighted by atomic mass is 16.6. The van der Waals surface area contributed by atoms with Gasteiger partial charge in [-0.05, 0) is 40.2 Å². The molecule has 0 aromatic heterocycles. The maximum Gasteiger partial charge on any atom is 0.407 e. The first-order chi connectivity index (χ1) is 9.39. The van der Waals surface area contributed by atoms with Crippen LogP contribution in [0.1, 0.15) is 73.1 Å². The predicted octanol–water partition coefficient (Wildman–Crippen LogP) is 3.85. The zero-order chi connectivity index (χ0) is 15.4. The molecule has 1 atom stereocenters. The maximum absolute atomic E-state index is 11.6. The summed E-state index contributed by atoms with van der Waals surface area (Å²) >= 11 is 0. The Morgan fingerprint density at radius 1 is 1.10 bits per heavy atom. The molecule has 4 nitrogen and oxygen atoms in total. The molecule has 0 aromatic rings. The summed E-state index contributed by atoms with van der Waals surface area (Å²) in [4.78, 5) is 11.6. The summed E-state index contributed by atoms with van der Waals surface area (Å²) in [6, 6.07) is 0.327. The minimum absolute atomic E-state index is 0.327. The van der Waals surface area contributed by atoms with Gasteiger partial charge in [0.15, 0.2) is 0 Å². The van der Waals surface area contributed by atoms with Crippen molar-refractivity contribution in [1.82, 2.24) is 10.6 Å². The number of unbranched alkanes of at least 4 members (excludes halogenated alkanes) is 4. The van der Waals surface area contributed by atoms with E-state index < -0.39 is 5.60 Å². The molecule has 20 heavy (non-hydrogen) atoms. The number of hydrogen-bond acceptors (Lipinski definition) is 3. The second kappa shape index (κ2) is 11.0. The Kier molecular flexibility index (Phi) is 10.5. The Morgan fingerprint density at radius 3 is 2.30 bits per heavy atom. The lowest BCUT2D eigenvalue weighted by atomic mass is 10.1. The molecule has 1 unspecified atom stereocenters. The predicted molar refractivity (Wildman–Crippen MR) is 85.1 cm³/mol. The third-order valence-electron chi connectivity index (χ3n) is 3.10. The zero-order valence-corrected chi connectivity index (χ0v) is 14.1. The van der Waals surface area contributed by atoms with E-state index in [1.165, 1.54) is 32.1 Å². The summed E-state index contributed by atoms with van der Waals surface area (Å²) in [5.41, 5.74) is -0.432. The van der Waals surface area contributed by atoms with Crippen LogP contribution >= 0.6 is 0 Å². The van der Waals surface area contributed by atoms with E-state index in [0.717, 1.165) is 13.0 Å². The van der Waals surface area contributed by atoms with Crippen LogP contribution in [0.4, 0.5) is 4.79 Å². The normalized spacial score (nSPS) is 13.1. The first kappa shape index (κ1) is 19.2. The number of carbonyl (C=O) groups is 1. The molecule has 0 heterocycles. The number of nitrogens with one attached hydrogen (secondary N) is 2. The molecule has 0 saturated carbocycles. The van der Waals surface area contributed by atoms with Crippen LogP contribution in [0, 0.1) is 0 Å². The molecule has 2 N–H and O–H groups in total. The SMILES string of the molecule is CCCCCCCNC(CC)CNC(=O)OC(C)(C)C. The monoisotopic (exact) mass is 286 g/mol. The Labute approximate surface area is 125 Å². The lowest BCUT2D eigenvalue weighted by Gasteiger charge is -2.22. The fourth-order valence-corrected chi connectivity index (χ4v) is 1.92. The van der Waals surface area contributed by atoms with Gasteiger partial charge in [-0.1, -0.05) is 39.5 Å². The van der Waals surface area contributed by atoms with E-state index in [1.54, 1.807) is 0 Å². The van der Waals surface area contributed by atoms with Crippen LogP contribution in [0.2, 0.25) is 0 Å². The topological polar surface area (TPSA) is 50.4 Å². The van der Waals surface area contributed by atoms with Crippen molar-refractivity contribution in [3.05, 3.63) is 0 Å². The van der Waals surface area contributed by atoms with E-state index in [9.17, 15) is 4.79 Å². The van der Waals surface area contributed by atoms with Crippen molar-refractivity contribution in [3.8, 4) is 0 Å². The molecular formula is C16H34N2O2. The highest BCUT2D eigenvalue weighted by molar-refractivity contribution is 5.67. The minimum atomic E-state index is -0.432. The van der Waals surface area contributed by atoms with Crippen LogP contribution in [0.15, 0.2) is 0 Å². The Balaban J connectivity index is 3.68. The van der Waals surface area contributed by atoms with Gasteiger partial charge in [0, 0.05) is 12.6 Å². The highest BCUT2D eigenvalue weighted by Gasteiger charge is 2.16. The van der Waals surface area contributed by atoms with Crippen molar-refractivity contribution < 1.29 is 9.53 Å².